The number of rotatable bonds is 3. The molecule has 1 heterocycles. The molecule has 0 bridgehead atoms. The molecule has 6 heteroatoms. The number of benzene rings is 1. The number of anilines is 1. The first-order chi connectivity index (χ1) is 8.65. The fourth-order valence-corrected chi connectivity index (χ4v) is 1.23. The molecule has 0 spiro atoms. The fourth-order valence-electron chi connectivity index (χ4n) is 1.23. The van der Waals surface area contributed by atoms with Crippen molar-refractivity contribution in [3.8, 4) is 5.75 Å². The van der Waals surface area contributed by atoms with Crippen LogP contribution in [0.1, 0.15) is 25.7 Å². The molecule has 0 fully saturated rings. The number of para-hydroxylation sites is 1. The summed E-state index contributed by atoms with van der Waals surface area (Å²) in [5.41, 5.74) is 0. The molecule has 0 saturated heterocycles. The lowest BCUT2D eigenvalue weighted by Crippen LogP contribution is -2.16. The SMILES string of the molecule is CC(C)c1nnc(NC(=O)Oc2ccccc2)o1. The zero-order chi connectivity index (χ0) is 13.0. The van der Waals surface area contributed by atoms with Gasteiger partial charge in [0.05, 0.1) is 0 Å². The number of carbonyl (C=O) groups excluding carboxylic acids is 1. The van der Waals surface area contributed by atoms with Crippen LogP contribution in [0, 0.1) is 0 Å². The van der Waals surface area contributed by atoms with Crippen molar-refractivity contribution in [2.45, 2.75) is 19.8 Å². The van der Waals surface area contributed by atoms with Crippen molar-refractivity contribution in [3.05, 3.63) is 36.2 Å². The first-order valence-electron chi connectivity index (χ1n) is 5.52. The predicted octanol–water partition coefficient (Wildman–Crippen LogP) is 2.80. The van der Waals surface area contributed by atoms with E-state index in [1.165, 1.54) is 0 Å². The minimum absolute atomic E-state index is 0.0274. The summed E-state index contributed by atoms with van der Waals surface area (Å²) in [6.45, 7) is 3.83. The van der Waals surface area contributed by atoms with Crippen molar-refractivity contribution in [1.82, 2.24) is 10.2 Å². The highest BCUT2D eigenvalue weighted by molar-refractivity contribution is 5.83. The third-order valence-corrected chi connectivity index (χ3v) is 2.10. The van der Waals surface area contributed by atoms with Crippen molar-refractivity contribution in [1.29, 1.82) is 0 Å². The second-order valence-corrected chi connectivity index (χ2v) is 3.93. The Morgan fingerprint density at radius 1 is 1.28 bits per heavy atom. The second-order valence-electron chi connectivity index (χ2n) is 3.93. The molecule has 0 saturated carbocycles. The maximum atomic E-state index is 11.5. The van der Waals surface area contributed by atoms with Crippen LogP contribution in [0.2, 0.25) is 0 Å². The number of nitrogens with zero attached hydrogens (tertiary/aromatic N) is 2. The van der Waals surface area contributed by atoms with E-state index >= 15 is 0 Å². The van der Waals surface area contributed by atoms with Crippen LogP contribution in [0.4, 0.5) is 10.8 Å². The third-order valence-electron chi connectivity index (χ3n) is 2.10. The van der Waals surface area contributed by atoms with Crippen LogP contribution in [-0.4, -0.2) is 16.3 Å². The summed E-state index contributed by atoms with van der Waals surface area (Å²) in [6, 6.07) is 8.75. The fraction of sp³-hybridized carbons (Fsp3) is 0.250. The van der Waals surface area contributed by atoms with E-state index in [2.05, 4.69) is 15.5 Å². The van der Waals surface area contributed by atoms with Crippen molar-refractivity contribution in [2.24, 2.45) is 0 Å². The van der Waals surface area contributed by atoms with Crippen molar-refractivity contribution < 1.29 is 13.9 Å². The van der Waals surface area contributed by atoms with Gasteiger partial charge < -0.3 is 9.15 Å². The lowest BCUT2D eigenvalue weighted by Gasteiger charge is -2.02. The summed E-state index contributed by atoms with van der Waals surface area (Å²) in [7, 11) is 0. The Morgan fingerprint density at radius 2 is 2.00 bits per heavy atom. The molecule has 1 N–H and O–H groups in total. The van der Waals surface area contributed by atoms with Crippen LogP contribution < -0.4 is 10.1 Å². The zero-order valence-electron chi connectivity index (χ0n) is 10.1. The monoisotopic (exact) mass is 247 g/mol. The summed E-state index contributed by atoms with van der Waals surface area (Å²) < 4.78 is 10.2. The van der Waals surface area contributed by atoms with Crippen LogP contribution in [0.5, 0.6) is 5.75 Å². The van der Waals surface area contributed by atoms with Gasteiger partial charge in [0.2, 0.25) is 5.89 Å². The molecule has 0 unspecified atom stereocenters. The maximum absolute atomic E-state index is 11.5. The van der Waals surface area contributed by atoms with Crippen LogP contribution >= 0.6 is 0 Å². The molecular formula is C12H13N3O3. The highest BCUT2D eigenvalue weighted by atomic mass is 16.6. The topological polar surface area (TPSA) is 77.2 Å². The largest absolute Gasteiger partial charge is 0.420 e. The molecule has 0 aliphatic carbocycles. The highest BCUT2D eigenvalue weighted by Gasteiger charge is 2.13. The van der Waals surface area contributed by atoms with Crippen LogP contribution in [-0.2, 0) is 0 Å². The van der Waals surface area contributed by atoms with Gasteiger partial charge in [-0.05, 0) is 12.1 Å². The zero-order valence-corrected chi connectivity index (χ0v) is 10.1. The van der Waals surface area contributed by atoms with E-state index in [0.717, 1.165) is 0 Å². The van der Waals surface area contributed by atoms with Crippen molar-refractivity contribution in [3.63, 3.8) is 0 Å². The van der Waals surface area contributed by atoms with Crippen molar-refractivity contribution >= 4 is 12.1 Å². The molecule has 18 heavy (non-hydrogen) atoms. The van der Waals surface area contributed by atoms with Gasteiger partial charge in [0.1, 0.15) is 5.75 Å². The Morgan fingerprint density at radius 3 is 2.61 bits per heavy atom. The average Bonchev–Trinajstić information content (AvgIpc) is 2.78. The lowest BCUT2D eigenvalue weighted by molar-refractivity contribution is 0.214. The van der Waals surface area contributed by atoms with Gasteiger partial charge in [-0.15, -0.1) is 5.10 Å². The van der Waals surface area contributed by atoms with Gasteiger partial charge in [0.15, 0.2) is 0 Å². The van der Waals surface area contributed by atoms with E-state index in [0.29, 0.717) is 11.6 Å². The quantitative estimate of drug-likeness (QED) is 0.902. The summed E-state index contributed by atoms with van der Waals surface area (Å²) >= 11 is 0. The number of carbonyl (C=O) groups is 1. The van der Waals surface area contributed by atoms with Gasteiger partial charge in [-0.1, -0.05) is 37.1 Å². The normalized spacial score (nSPS) is 10.4. The number of ether oxygens (including phenoxy) is 1. The van der Waals surface area contributed by atoms with E-state index in [9.17, 15) is 4.79 Å². The molecule has 1 aromatic heterocycles. The summed E-state index contributed by atoms with van der Waals surface area (Å²) in [6.07, 6.45) is -0.667. The van der Waals surface area contributed by atoms with Gasteiger partial charge >= 0.3 is 12.1 Å². The number of aromatic nitrogens is 2. The first-order valence-corrected chi connectivity index (χ1v) is 5.52. The molecular weight excluding hydrogens is 234 g/mol. The number of amides is 1. The summed E-state index contributed by atoms with van der Waals surface area (Å²) in [5, 5.41) is 9.84. The Hall–Kier alpha value is -2.37. The molecule has 2 aromatic rings. The molecule has 1 amide bonds. The van der Waals surface area contributed by atoms with Gasteiger partial charge in [-0.3, -0.25) is 0 Å². The first kappa shape index (κ1) is 12.1. The molecule has 0 atom stereocenters. The smallest absolute Gasteiger partial charge is 0.410 e. The molecule has 1 aromatic carbocycles. The maximum Gasteiger partial charge on any atom is 0.420 e. The summed E-state index contributed by atoms with van der Waals surface area (Å²) in [4.78, 5) is 11.5. The minimum Gasteiger partial charge on any atom is -0.410 e. The van der Waals surface area contributed by atoms with E-state index in [1.54, 1.807) is 24.3 Å². The van der Waals surface area contributed by atoms with E-state index in [4.69, 9.17) is 9.15 Å². The lowest BCUT2D eigenvalue weighted by atomic mass is 10.2. The van der Waals surface area contributed by atoms with Crippen LogP contribution in [0.25, 0.3) is 0 Å². The third kappa shape index (κ3) is 3.07. The second kappa shape index (κ2) is 5.31. The Labute approximate surface area is 104 Å². The Bertz CT molecular complexity index is 522. The van der Waals surface area contributed by atoms with Gasteiger partial charge in [0.25, 0.3) is 0 Å². The van der Waals surface area contributed by atoms with E-state index in [1.807, 2.05) is 19.9 Å². The average molecular weight is 247 g/mol. The van der Waals surface area contributed by atoms with Gasteiger partial charge in [0, 0.05) is 5.92 Å². The van der Waals surface area contributed by atoms with E-state index in [-0.39, 0.29) is 11.9 Å². The molecule has 94 valence electrons. The Balaban J connectivity index is 1.95. The predicted molar refractivity (Wildman–Crippen MR) is 64.5 cm³/mol. The molecule has 0 aliphatic rings. The Kier molecular flexibility index (Phi) is 3.57. The van der Waals surface area contributed by atoms with E-state index < -0.39 is 6.09 Å². The number of hydrogen-bond donors (Lipinski definition) is 1. The number of hydrogen-bond acceptors (Lipinski definition) is 5. The highest BCUT2D eigenvalue weighted by Crippen LogP contribution is 2.15. The number of nitrogens with one attached hydrogen (secondary N) is 1. The van der Waals surface area contributed by atoms with Gasteiger partial charge in [-0.2, -0.15) is 0 Å². The standard InChI is InChI=1S/C12H13N3O3/c1-8(2)10-14-15-11(18-10)13-12(16)17-9-6-4-3-5-7-9/h3-8H,1-2H3,(H,13,15,16). The molecule has 2 rings (SSSR count). The molecule has 0 aliphatic heterocycles. The molecule has 6 nitrogen and oxygen atoms in total. The minimum atomic E-state index is -0.667. The van der Waals surface area contributed by atoms with Crippen LogP contribution in [0.15, 0.2) is 34.7 Å². The van der Waals surface area contributed by atoms with Crippen molar-refractivity contribution in [2.75, 3.05) is 5.32 Å². The van der Waals surface area contributed by atoms with Crippen LogP contribution in [0.3, 0.4) is 0 Å². The molecule has 0 radical (unpaired) electrons. The van der Waals surface area contributed by atoms with Gasteiger partial charge in [-0.25, -0.2) is 10.1 Å². The summed E-state index contributed by atoms with van der Waals surface area (Å²) in [5.74, 6) is 1.02.